The van der Waals surface area contributed by atoms with Crippen LogP contribution in [0.3, 0.4) is 0 Å². The van der Waals surface area contributed by atoms with Crippen LogP contribution in [0, 0.1) is 0 Å². The highest BCUT2D eigenvalue weighted by Crippen LogP contribution is 2.29. The number of ether oxygens (including phenoxy) is 2. The van der Waals surface area contributed by atoms with Crippen molar-refractivity contribution in [2.75, 3.05) is 18.5 Å². The van der Waals surface area contributed by atoms with Gasteiger partial charge in [-0.15, -0.1) is 0 Å². The smallest absolute Gasteiger partial charge is 0.221 e. The Morgan fingerprint density at radius 1 is 1.04 bits per heavy atom. The monoisotopic (exact) mass is 367 g/mol. The van der Waals surface area contributed by atoms with Gasteiger partial charge in [0.1, 0.15) is 0 Å². The molecule has 1 amide bonds. The van der Waals surface area contributed by atoms with E-state index in [1.807, 2.05) is 32.0 Å². The minimum Gasteiger partial charge on any atom is -0.490 e. The van der Waals surface area contributed by atoms with E-state index in [0.717, 1.165) is 12.0 Å². The molecule has 0 fully saturated rings. The standard InChI is InChI=1S/C22H25NO4/c1-4-13-27-21-12-10-17(14-22(21)26-5-2)9-11-20(25)18-7-6-8-19(15-18)23-16(3)24/h6-12,14-15H,4-5,13H2,1-3H3,(H,23,24)/b11-9+. The van der Waals surface area contributed by atoms with Crippen molar-refractivity contribution in [2.24, 2.45) is 0 Å². The largest absolute Gasteiger partial charge is 0.490 e. The van der Waals surface area contributed by atoms with Gasteiger partial charge in [-0.2, -0.15) is 0 Å². The molecule has 2 aromatic carbocycles. The third-order valence-corrected chi connectivity index (χ3v) is 3.62. The van der Waals surface area contributed by atoms with Gasteiger partial charge in [0.15, 0.2) is 17.3 Å². The Morgan fingerprint density at radius 3 is 2.56 bits per heavy atom. The summed E-state index contributed by atoms with van der Waals surface area (Å²) in [5, 5.41) is 2.67. The zero-order valence-electron chi connectivity index (χ0n) is 16.0. The van der Waals surface area contributed by atoms with Crippen LogP contribution in [0.2, 0.25) is 0 Å². The summed E-state index contributed by atoms with van der Waals surface area (Å²) in [6, 6.07) is 12.4. The number of amides is 1. The maximum Gasteiger partial charge on any atom is 0.221 e. The summed E-state index contributed by atoms with van der Waals surface area (Å²) in [5.74, 6) is 1.04. The first-order valence-electron chi connectivity index (χ1n) is 9.03. The normalized spacial score (nSPS) is 10.6. The molecule has 0 aromatic heterocycles. The molecule has 0 bridgehead atoms. The predicted octanol–water partition coefficient (Wildman–Crippen LogP) is 4.73. The summed E-state index contributed by atoms with van der Waals surface area (Å²) in [7, 11) is 0. The Kier molecular flexibility index (Phi) is 7.62. The van der Waals surface area contributed by atoms with Crippen LogP contribution in [0.15, 0.2) is 48.5 Å². The number of allylic oxidation sites excluding steroid dienone is 1. The van der Waals surface area contributed by atoms with E-state index < -0.39 is 0 Å². The summed E-state index contributed by atoms with van der Waals surface area (Å²) in [6.45, 7) is 6.54. The molecule has 142 valence electrons. The zero-order chi connectivity index (χ0) is 19.6. The Bertz CT molecular complexity index is 827. The van der Waals surface area contributed by atoms with Crippen LogP contribution in [0.1, 0.15) is 43.1 Å². The number of carbonyl (C=O) groups excluding carboxylic acids is 2. The number of anilines is 1. The van der Waals surface area contributed by atoms with E-state index in [2.05, 4.69) is 5.32 Å². The van der Waals surface area contributed by atoms with Crippen molar-refractivity contribution in [1.29, 1.82) is 0 Å². The van der Waals surface area contributed by atoms with Crippen LogP contribution in [-0.4, -0.2) is 24.9 Å². The van der Waals surface area contributed by atoms with E-state index >= 15 is 0 Å². The molecular weight excluding hydrogens is 342 g/mol. The topological polar surface area (TPSA) is 64.6 Å². The zero-order valence-corrected chi connectivity index (χ0v) is 16.0. The van der Waals surface area contributed by atoms with Crippen molar-refractivity contribution in [2.45, 2.75) is 27.2 Å². The molecule has 0 saturated carbocycles. The molecule has 1 N–H and O–H groups in total. The van der Waals surface area contributed by atoms with Crippen LogP contribution in [0.25, 0.3) is 6.08 Å². The summed E-state index contributed by atoms with van der Waals surface area (Å²) in [6.07, 6.45) is 4.16. The predicted molar refractivity (Wildman–Crippen MR) is 108 cm³/mol. The fraction of sp³-hybridized carbons (Fsp3) is 0.273. The van der Waals surface area contributed by atoms with Crippen molar-refractivity contribution in [3.05, 3.63) is 59.7 Å². The summed E-state index contributed by atoms with van der Waals surface area (Å²) < 4.78 is 11.3. The lowest BCUT2D eigenvalue weighted by atomic mass is 10.1. The molecule has 0 saturated heterocycles. The number of hydrogen-bond donors (Lipinski definition) is 1. The molecule has 5 heteroatoms. The first-order valence-corrected chi connectivity index (χ1v) is 9.03. The highest BCUT2D eigenvalue weighted by molar-refractivity contribution is 6.07. The van der Waals surface area contributed by atoms with E-state index in [1.165, 1.54) is 13.0 Å². The van der Waals surface area contributed by atoms with Gasteiger partial charge in [0.2, 0.25) is 5.91 Å². The number of rotatable bonds is 9. The van der Waals surface area contributed by atoms with Gasteiger partial charge < -0.3 is 14.8 Å². The molecule has 0 aliphatic heterocycles. The van der Waals surface area contributed by atoms with Crippen LogP contribution >= 0.6 is 0 Å². The molecule has 0 aliphatic carbocycles. The lowest BCUT2D eigenvalue weighted by molar-refractivity contribution is -0.114. The molecule has 0 atom stereocenters. The highest BCUT2D eigenvalue weighted by atomic mass is 16.5. The molecule has 2 rings (SSSR count). The molecular formula is C22H25NO4. The second kappa shape index (κ2) is 10.2. The van der Waals surface area contributed by atoms with E-state index in [1.54, 1.807) is 30.3 Å². The Balaban J connectivity index is 2.15. The second-order valence-electron chi connectivity index (χ2n) is 5.95. The maximum atomic E-state index is 12.4. The molecule has 0 spiro atoms. The number of hydrogen-bond acceptors (Lipinski definition) is 4. The molecule has 5 nitrogen and oxygen atoms in total. The second-order valence-corrected chi connectivity index (χ2v) is 5.95. The van der Waals surface area contributed by atoms with Crippen molar-refractivity contribution in [3.8, 4) is 11.5 Å². The van der Waals surface area contributed by atoms with Gasteiger partial charge in [0.25, 0.3) is 0 Å². The van der Waals surface area contributed by atoms with Gasteiger partial charge in [-0.25, -0.2) is 0 Å². The van der Waals surface area contributed by atoms with Gasteiger partial charge in [0, 0.05) is 18.2 Å². The number of nitrogens with one attached hydrogen (secondary N) is 1. The van der Waals surface area contributed by atoms with Crippen molar-refractivity contribution < 1.29 is 19.1 Å². The third-order valence-electron chi connectivity index (χ3n) is 3.62. The van der Waals surface area contributed by atoms with Gasteiger partial charge in [-0.05, 0) is 49.2 Å². The fourth-order valence-electron chi connectivity index (χ4n) is 2.45. The lowest BCUT2D eigenvalue weighted by Crippen LogP contribution is -2.06. The van der Waals surface area contributed by atoms with Crippen LogP contribution in [0.5, 0.6) is 11.5 Å². The summed E-state index contributed by atoms with van der Waals surface area (Å²) >= 11 is 0. The Morgan fingerprint density at radius 2 is 1.85 bits per heavy atom. The van der Waals surface area contributed by atoms with Crippen LogP contribution in [0.4, 0.5) is 5.69 Å². The van der Waals surface area contributed by atoms with Crippen molar-refractivity contribution in [1.82, 2.24) is 0 Å². The summed E-state index contributed by atoms with van der Waals surface area (Å²) in [4.78, 5) is 23.6. The molecule has 0 heterocycles. The van der Waals surface area contributed by atoms with E-state index in [0.29, 0.717) is 36.0 Å². The lowest BCUT2D eigenvalue weighted by Gasteiger charge is -2.12. The Hall–Kier alpha value is -3.08. The van der Waals surface area contributed by atoms with Crippen LogP contribution in [-0.2, 0) is 4.79 Å². The SMILES string of the molecule is CCCOc1ccc(/C=C/C(=O)c2cccc(NC(C)=O)c2)cc1OCC. The van der Waals surface area contributed by atoms with Gasteiger partial charge in [-0.3, -0.25) is 9.59 Å². The number of ketones is 1. The average Bonchev–Trinajstić information content (AvgIpc) is 2.65. The molecule has 0 aliphatic rings. The summed E-state index contributed by atoms with van der Waals surface area (Å²) in [5.41, 5.74) is 1.94. The van der Waals surface area contributed by atoms with Crippen LogP contribution < -0.4 is 14.8 Å². The maximum absolute atomic E-state index is 12.4. The molecule has 0 unspecified atom stereocenters. The van der Waals surface area contributed by atoms with Gasteiger partial charge >= 0.3 is 0 Å². The third kappa shape index (κ3) is 6.29. The van der Waals surface area contributed by atoms with E-state index in [-0.39, 0.29) is 11.7 Å². The highest BCUT2D eigenvalue weighted by Gasteiger charge is 2.07. The van der Waals surface area contributed by atoms with Gasteiger partial charge in [-0.1, -0.05) is 31.2 Å². The Labute approximate surface area is 160 Å². The molecule has 27 heavy (non-hydrogen) atoms. The molecule has 2 aromatic rings. The van der Waals surface area contributed by atoms with E-state index in [9.17, 15) is 9.59 Å². The minimum absolute atomic E-state index is 0.147. The minimum atomic E-state index is -0.177. The first-order chi connectivity index (χ1) is 13.0. The van der Waals surface area contributed by atoms with Gasteiger partial charge in [0.05, 0.1) is 13.2 Å². The number of benzene rings is 2. The quantitative estimate of drug-likeness (QED) is 0.514. The number of carbonyl (C=O) groups is 2. The average molecular weight is 367 g/mol. The van der Waals surface area contributed by atoms with Crippen molar-refractivity contribution in [3.63, 3.8) is 0 Å². The first kappa shape index (κ1) is 20.2. The van der Waals surface area contributed by atoms with Crippen molar-refractivity contribution >= 4 is 23.5 Å². The van der Waals surface area contributed by atoms with E-state index in [4.69, 9.17) is 9.47 Å². The fourth-order valence-corrected chi connectivity index (χ4v) is 2.45. The molecule has 0 radical (unpaired) electrons.